The summed E-state index contributed by atoms with van der Waals surface area (Å²) >= 11 is 0. The molecule has 3 rings (SSSR count). The minimum absolute atomic E-state index is 0.174. The third-order valence-corrected chi connectivity index (χ3v) is 4.44. The van der Waals surface area contributed by atoms with Crippen LogP contribution < -0.4 is 9.64 Å². The summed E-state index contributed by atoms with van der Waals surface area (Å²) < 4.78 is 18.2. The van der Waals surface area contributed by atoms with E-state index in [1.807, 2.05) is 24.3 Å². The summed E-state index contributed by atoms with van der Waals surface area (Å²) in [6, 6.07) is 15.1. The van der Waals surface area contributed by atoms with E-state index in [0.717, 1.165) is 50.6 Å². The second-order valence-electron chi connectivity index (χ2n) is 5.90. The number of halogens is 1. The van der Waals surface area contributed by atoms with Crippen LogP contribution in [-0.4, -0.2) is 44.7 Å². The van der Waals surface area contributed by atoms with Crippen LogP contribution in [0.2, 0.25) is 0 Å². The monoisotopic (exact) mass is 314 g/mol. The molecule has 1 saturated heterocycles. The van der Waals surface area contributed by atoms with E-state index in [2.05, 4.69) is 21.9 Å². The predicted molar refractivity (Wildman–Crippen MR) is 91.8 cm³/mol. The summed E-state index contributed by atoms with van der Waals surface area (Å²) in [6.07, 6.45) is 1.06. The first-order valence-corrected chi connectivity index (χ1v) is 8.10. The fourth-order valence-corrected chi connectivity index (χ4v) is 2.96. The van der Waals surface area contributed by atoms with Gasteiger partial charge < -0.3 is 9.64 Å². The third kappa shape index (κ3) is 4.23. The zero-order valence-electron chi connectivity index (χ0n) is 13.5. The maximum absolute atomic E-state index is 13.0. The van der Waals surface area contributed by atoms with Gasteiger partial charge in [0.25, 0.3) is 0 Å². The molecule has 0 spiro atoms. The predicted octanol–water partition coefficient (Wildman–Crippen LogP) is 3.20. The van der Waals surface area contributed by atoms with Crippen molar-refractivity contribution in [3.63, 3.8) is 0 Å². The average Bonchev–Trinajstić information content (AvgIpc) is 2.61. The number of ether oxygens (including phenoxy) is 1. The fraction of sp³-hybridized carbons (Fsp3) is 0.368. The molecule has 0 saturated carbocycles. The molecule has 0 aliphatic carbocycles. The lowest BCUT2D eigenvalue weighted by atomic mass is 10.1. The lowest BCUT2D eigenvalue weighted by Crippen LogP contribution is -2.47. The first kappa shape index (κ1) is 15.8. The van der Waals surface area contributed by atoms with Crippen molar-refractivity contribution in [1.82, 2.24) is 4.90 Å². The number of hydrogen-bond acceptors (Lipinski definition) is 3. The van der Waals surface area contributed by atoms with Gasteiger partial charge in [-0.25, -0.2) is 4.39 Å². The normalized spacial score (nSPS) is 15.7. The van der Waals surface area contributed by atoms with Crippen LogP contribution in [0.25, 0.3) is 0 Å². The van der Waals surface area contributed by atoms with E-state index < -0.39 is 0 Å². The molecule has 122 valence electrons. The molecule has 0 aromatic heterocycles. The summed E-state index contributed by atoms with van der Waals surface area (Å²) in [5.41, 5.74) is 2.45. The Morgan fingerprint density at radius 1 is 0.913 bits per heavy atom. The largest absolute Gasteiger partial charge is 0.497 e. The standard InChI is InChI=1S/C19H23FN2O/c1-23-19-8-2-16(3-9-19)10-11-21-12-14-22(15-13-21)18-6-4-17(20)5-7-18/h2-9H,10-15H2,1H3. The van der Waals surface area contributed by atoms with Crippen molar-refractivity contribution in [1.29, 1.82) is 0 Å². The summed E-state index contributed by atoms with van der Waals surface area (Å²) in [5, 5.41) is 0. The molecule has 0 atom stereocenters. The van der Waals surface area contributed by atoms with Crippen LogP contribution in [0, 0.1) is 5.82 Å². The van der Waals surface area contributed by atoms with Crippen LogP contribution in [0.3, 0.4) is 0 Å². The number of hydrogen-bond donors (Lipinski definition) is 0. The smallest absolute Gasteiger partial charge is 0.123 e. The molecule has 1 aliphatic rings. The van der Waals surface area contributed by atoms with E-state index >= 15 is 0 Å². The zero-order chi connectivity index (χ0) is 16.1. The lowest BCUT2D eigenvalue weighted by molar-refractivity contribution is 0.261. The van der Waals surface area contributed by atoms with Crippen LogP contribution >= 0.6 is 0 Å². The number of nitrogens with zero attached hydrogens (tertiary/aromatic N) is 2. The van der Waals surface area contributed by atoms with Crippen LogP contribution in [0.1, 0.15) is 5.56 Å². The Balaban J connectivity index is 1.46. The van der Waals surface area contributed by atoms with Gasteiger partial charge in [-0.2, -0.15) is 0 Å². The van der Waals surface area contributed by atoms with Crippen LogP contribution in [0.5, 0.6) is 5.75 Å². The number of benzene rings is 2. The maximum Gasteiger partial charge on any atom is 0.123 e. The highest BCUT2D eigenvalue weighted by Crippen LogP contribution is 2.17. The van der Waals surface area contributed by atoms with Crippen LogP contribution in [0.15, 0.2) is 48.5 Å². The molecule has 4 heteroatoms. The Morgan fingerprint density at radius 2 is 1.57 bits per heavy atom. The van der Waals surface area contributed by atoms with Crippen molar-refractivity contribution in [2.45, 2.75) is 6.42 Å². The topological polar surface area (TPSA) is 15.7 Å². The van der Waals surface area contributed by atoms with Gasteiger partial charge in [0.2, 0.25) is 0 Å². The molecule has 0 radical (unpaired) electrons. The molecule has 0 amide bonds. The van der Waals surface area contributed by atoms with Gasteiger partial charge in [0.15, 0.2) is 0 Å². The van der Waals surface area contributed by atoms with E-state index in [1.54, 1.807) is 7.11 Å². The molecule has 2 aromatic rings. The molecular formula is C19H23FN2O. The molecule has 23 heavy (non-hydrogen) atoms. The number of methoxy groups -OCH3 is 1. The average molecular weight is 314 g/mol. The van der Waals surface area contributed by atoms with Gasteiger partial charge in [-0.1, -0.05) is 12.1 Å². The van der Waals surface area contributed by atoms with Gasteiger partial charge in [0, 0.05) is 38.4 Å². The molecular weight excluding hydrogens is 291 g/mol. The molecule has 3 nitrogen and oxygen atoms in total. The number of piperazine rings is 1. The van der Waals surface area contributed by atoms with Gasteiger partial charge in [0.05, 0.1) is 7.11 Å². The van der Waals surface area contributed by atoms with Gasteiger partial charge in [0.1, 0.15) is 11.6 Å². The molecule has 2 aromatic carbocycles. The van der Waals surface area contributed by atoms with E-state index in [0.29, 0.717) is 0 Å². The van der Waals surface area contributed by atoms with E-state index in [1.165, 1.54) is 17.7 Å². The highest BCUT2D eigenvalue weighted by Gasteiger charge is 2.16. The highest BCUT2D eigenvalue weighted by atomic mass is 19.1. The third-order valence-electron chi connectivity index (χ3n) is 4.44. The minimum Gasteiger partial charge on any atom is -0.497 e. The van der Waals surface area contributed by atoms with Crippen molar-refractivity contribution in [3.05, 3.63) is 59.9 Å². The Hall–Kier alpha value is -2.07. The summed E-state index contributed by atoms with van der Waals surface area (Å²) in [7, 11) is 1.69. The fourth-order valence-electron chi connectivity index (χ4n) is 2.96. The first-order chi connectivity index (χ1) is 11.2. The molecule has 0 unspecified atom stereocenters. The molecule has 0 bridgehead atoms. The summed E-state index contributed by atoms with van der Waals surface area (Å²) in [5.74, 6) is 0.730. The molecule has 1 aliphatic heterocycles. The first-order valence-electron chi connectivity index (χ1n) is 8.10. The Morgan fingerprint density at radius 3 is 2.17 bits per heavy atom. The molecule has 0 N–H and O–H groups in total. The SMILES string of the molecule is COc1ccc(CCN2CCN(c3ccc(F)cc3)CC2)cc1. The number of anilines is 1. The van der Waals surface area contributed by atoms with Crippen molar-refractivity contribution >= 4 is 5.69 Å². The highest BCUT2D eigenvalue weighted by molar-refractivity contribution is 5.46. The number of rotatable bonds is 5. The van der Waals surface area contributed by atoms with Crippen molar-refractivity contribution < 1.29 is 9.13 Å². The van der Waals surface area contributed by atoms with Gasteiger partial charge in [-0.05, 0) is 48.4 Å². The van der Waals surface area contributed by atoms with Crippen LogP contribution in [-0.2, 0) is 6.42 Å². The molecule has 1 heterocycles. The quantitative estimate of drug-likeness (QED) is 0.843. The second kappa shape index (κ2) is 7.47. The van der Waals surface area contributed by atoms with Crippen molar-refractivity contribution in [2.75, 3.05) is 44.7 Å². The maximum atomic E-state index is 13.0. The Kier molecular flexibility index (Phi) is 5.13. The van der Waals surface area contributed by atoms with E-state index in [9.17, 15) is 4.39 Å². The van der Waals surface area contributed by atoms with Crippen LogP contribution in [0.4, 0.5) is 10.1 Å². The van der Waals surface area contributed by atoms with E-state index in [-0.39, 0.29) is 5.82 Å². The Bertz CT molecular complexity index is 604. The van der Waals surface area contributed by atoms with Crippen molar-refractivity contribution in [3.8, 4) is 5.75 Å². The molecule has 1 fully saturated rings. The van der Waals surface area contributed by atoms with Gasteiger partial charge >= 0.3 is 0 Å². The van der Waals surface area contributed by atoms with Gasteiger partial charge in [-0.3, -0.25) is 4.90 Å². The van der Waals surface area contributed by atoms with Gasteiger partial charge in [-0.15, -0.1) is 0 Å². The Labute approximate surface area is 137 Å². The van der Waals surface area contributed by atoms with Crippen molar-refractivity contribution in [2.24, 2.45) is 0 Å². The summed E-state index contributed by atoms with van der Waals surface area (Å²) in [6.45, 7) is 5.16. The second-order valence-corrected chi connectivity index (χ2v) is 5.90. The van der Waals surface area contributed by atoms with E-state index in [4.69, 9.17) is 4.74 Å². The lowest BCUT2D eigenvalue weighted by Gasteiger charge is -2.36. The minimum atomic E-state index is -0.174. The summed E-state index contributed by atoms with van der Waals surface area (Å²) in [4.78, 5) is 4.81. The zero-order valence-corrected chi connectivity index (χ0v) is 13.5.